The van der Waals surface area contributed by atoms with Gasteiger partial charge in [0.05, 0.1) is 11.4 Å². The Morgan fingerprint density at radius 2 is 0.750 bits per heavy atom. The van der Waals surface area contributed by atoms with Crippen molar-refractivity contribution in [3.8, 4) is 56.2 Å². The number of aromatic nitrogens is 2. The quantitative estimate of drug-likeness (QED) is 0.194. The van der Waals surface area contributed by atoms with E-state index in [9.17, 15) is 0 Å². The maximum absolute atomic E-state index is 5.23. The van der Waals surface area contributed by atoms with E-state index in [1.165, 1.54) is 49.2 Å². The molecule has 9 aromatic rings. The normalized spacial score (nSPS) is 11.3. The van der Waals surface area contributed by atoms with Crippen molar-refractivity contribution in [1.82, 2.24) is 9.97 Å². The van der Waals surface area contributed by atoms with Crippen LogP contribution in [0.15, 0.2) is 182 Å². The van der Waals surface area contributed by atoms with Crippen molar-refractivity contribution >= 4 is 32.3 Å². The molecule has 0 aliphatic heterocycles. The molecule has 0 amide bonds. The SMILES string of the molecule is c1ccc(-c2nc(-c3cccc4c(-c5ccccc5)cccc34)cc(-c3ccc(-c4ccc5ccccc5c4)c4ccccc34)n2)cc1. The number of benzene rings is 8. The Balaban J connectivity index is 1.26. The van der Waals surface area contributed by atoms with Crippen molar-refractivity contribution in [2.75, 3.05) is 0 Å². The molecule has 2 nitrogen and oxygen atoms in total. The summed E-state index contributed by atoms with van der Waals surface area (Å²) in [5.41, 5.74) is 9.78. The van der Waals surface area contributed by atoms with Gasteiger partial charge in [-0.15, -0.1) is 0 Å². The van der Waals surface area contributed by atoms with Crippen molar-refractivity contribution in [1.29, 1.82) is 0 Å². The highest BCUT2D eigenvalue weighted by atomic mass is 14.9. The highest BCUT2D eigenvalue weighted by Gasteiger charge is 2.17. The molecule has 48 heavy (non-hydrogen) atoms. The minimum Gasteiger partial charge on any atom is -0.228 e. The molecule has 224 valence electrons. The molecule has 0 saturated heterocycles. The van der Waals surface area contributed by atoms with Gasteiger partial charge in [0.15, 0.2) is 5.82 Å². The largest absolute Gasteiger partial charge is 0.228 e. The molecule has 9 rings (SSSR count). The van der Waals surface area contributed by atoms with Crippen molar-refractivity contribution in [2.24, 2.45) is 0 Å². The highest BCUT2D eigenvalue weighted by molar-refractivity contribution is 6.07. The minimum atomic E-state index is 0.710. The molecule has 2 heteroatoms. The molecule has 0 saturated carbocycles. The fourth-order valence-corrected chi connectivity index (χ4v) is 6.97. The predicted octanol–water partition coefficient (Wildman–Crippen LogP) is 12.3. The lowest BCUT2D eigenvalue weighted by Crippen LogP contribution is -1.97. The Labute approximate surface area is 279 Å². The lowest BCUT2D eigenvalue weighted by molar-refractivity contribution is 1.19. The van der Waals surface area contributed by atoms with Crippen LogP contribution in [0.3, 0.4) is 0 Å². The number of hydrogen-bond donors (Lipinski definition) is 0. The summed E-state index contributed by atoms with van der Waals surface area (Å²) in [4.78, 5) is 10.4. The standard InChI is InChI=1S/C46H30N2/c1-3-14-32(15-4-1)36-21-11-23-41-39(36)22-12-24-42(41)44-30-45(48-46(47-44)33-16-5-2-6-17-33)43-28-27-37(38-19-9-10-20-40(38)43)35-26-25-31-13-7-8-18-34(31)29-35/h1-30H. The molecular formula is C46H30N2. The van der Waals surface area contributed by atoms with Crippen LogP contribution in [-0.2, 0) is 0 Å². The van der Waals surface area contributed by atoms with Crippen LogP contribution < -0.4 is 0 Å². The number of hydrogen-bond acceptors (Lipinski definition) is 2. The Bertz CT molecular complexity index is 2610. The van der Waals surface area contributed by atoms with Gasteiger partial charge in [0, 0.05) is 16.7 Å². The maximum Gasteiger partial charge on any atom is 0.160 e. The van der Waals surface area contributed by atoms with Crippen molar-refractivity contribution in [3.63, 3.8) is 0 Å². The third-order valence-corrected chi connectivity index (χ3v) is 9.30. The van der Waals surface area contributed by atoms with E-state index >= 15 is 0 Å². The van der Waals surface area contributed by atoms with E-state index in [0.717, 1.165) is 33.5 Å². The van der Waals surface area contributed by atoms with Gasteiger partial charge < -0.3 is 0 Å². The van der Waals surface area contributed by atoms with Crippen LogP contribution in [0, 0.1) is 0 Å². The summed E-state index contributed by atoms with van der Waals surface area (Å²) >= 11 is 0. The van der Waals surface area contributed by atoms with Crippen LogP contribution in [0.5, 0.6) is 0 Å². The van der Waals surface area contributed by atoms with E-state index in [1.54, 1.807) is 0 Å². The Morgan fingerprint density at radius 1 is 0.271 bits per heavy atom. The Hall–Kier alpha value is -6.38. The lowest BCUT2D eigenvalue weighted by atomic mass is 9.92. The van der Waals surface area contributed by atoms with Crippen molar-refractivity contribution < 1.29 is 0 Å². The predicted molar refractivity (Wildman–Crippen MR) is 202 cm³/mol. The van der Waals surface area contributed by atoms with E-state index in [2.05, 4.69) is 164 Å². The summed E-state index contributed by atoms with van der Waals surface area (Å²) in [5.74, 6) is 0.710. The van der Waals surface area contributed by atoms with Gasteiger partial charge in [-0.2, -0.15) is 0 Å². The molecule has 1 aromatic heterocycles. The van der Waals surface area contributed by atoms with Crippen LogP contribution in [0.25, 0.3) is 88.5 Å². The average molecular weight is 611 g/mol. The van der Waals surface area contributed by atoms with Gasteiger partial charge in [-0.3, -0.25) is 0 Å². The van der Waals surface area contributed by atoms with Crippen molar-refractivity contribution in [2.45, 2.75) is 0 Å². The molecule has 0 N–H and O–H groups in total. The summed E-state index contributed by atoms with van der Waals surface area (Å²) < 4.78 is 0. The zero-order valence-electron chi connectivity index (χ0n) is 26.2. The molecule has 0 radical (unpaired) electrons. The van der Waals surface area contributed by atoms with Gasteiger partial charge in [-0.25, -0.2) is 9.97 Å². The fourth-order valence-electron chi connectivity index (χ4n) is 6.97. The van der Waals surface area contributed by atoms with Gasteiger partial charge in [0.25, 0.3) is 0 Å². The first-order valence-electron chi connectivity index (χ1n) is 16.3. The molecular weight excluding hydrogens is 581 g/mol. The Kier molecular flexibility index (Phi) is 6.84. The summed E-state index contributed by atoms with van der Waals surface area (Å²) in [7, 11) is 0. The van der Waals surface area contributed by atoms with E-state index in [1.807, 2.05) is 18.2 Å². The zero-order valence-corrected chi connectivity index (χ0v) is 26.2. The minimum absolute atomic E-state index is 0.710. The van der Waals surface area contributed by atoms with E-state index in [-0.39, 0.29) is 0 Å². The number of rotatable bonds is 5. The molecule has 8 aromatic carbocycles. The summed E-state index contributed by atoms with van der Waals surface area (Å²) in [5, 5.41) is 7.21. The molecule has 0 atom stereocenters. The van der Waals surface area contributed by atoms with Crippen LogP contribution in [0.2, 0.25) is 0 Å². The second-order valence-corrected chi connectivity index (χ2v) is 12.2. The van der Waals surface area contributed by atoms with E-state index < -0.39 is 0 Å². The van der Waals surface area contributed by atoms with Crippen LogP contribution in [-0.4, -0.2) is 9.97 Å². The zero-order chi connectivity index (χ0) is 31.9. The third kappa shape index (κ3) is 4.92. The summed E-state index contributed by atoms with van der Waals surface area (Å²) in [6, 6.07) is 64.5. The third-order valence-electron chi connectivity index (χ3n) is 9.30. The fraction of sp³-hybridized carbons (Fsp3) is 0. The van der Waals surface area contributed by atoms with E-state index in [4.69, 9.17) is 9.97 Å². The first kappa shape index (κ1) is 27.9. The molecule has 0 fully saturated rings. The van der Waals surface area contributed by atoms with Crippen LogP contribution >= 0.6 is 0 Å². The van der Waals surface area contributed by atoms with E-state index in [0.29, 0.717) is 5.82 Å². The van der Waals surface area contributed by atoms with Crippen LogP contribution in [0.4, 0.5) is 0 Å². The molecule has 1 heterocycles. The van der Waals surface area contributed by atoms with Gasteiger partial charge in [-0.05, 0) is 66.7 Å². The van der Waals surface area contributed by atoms with Gasteiger partial charge in [0.1, 0.15) is 0 Å². The second-order valence-electron chi connectivity index (χ2n) is 12.2. The lowest BCUT2D eigenvalue weighted by Gasteiger charge is -2.15. The molecule has 0 aliphatic rings. The number of fused-ring (bicyclic) bond motifs is 3. The maximum atomic E-state index is 5.23. The average Bonchev–Trinajstić information content (AvgIpc) is 3.17. The smallest absolute Gasteiger partial charge is 0.160 e. The van der Waals surface area contributed by atoms with Crippen molar-refractivity contribution in [3.05, 3.63) is 182 Å². The first-order valence-corrected chi connectivity index (χ1v) is 16.3. The number of nitrogens with zero attached hydrogens (tertiary/aromatic N) is 2. The monoisotopic (exact) mass is 610 g/mol. The second kappa shape index (κ2) is 11.8. The van der Waals surface area contributed by atoms with Gasteiger partial charge in [0.2, 0.25) is 0 Å². The molecule has 0 aliphatic carbocycles. The van der Waals surface area contributed by atoms with Gasteiger partial charge in [-0.1, -0.05) is 170 Å². The topological polar surface area (TPSA) is 25.8 Å². The highest BCUT2D eigenvalue weighted by Crippen LogP contribution is 2.39. The van der Waals surface area contributed by atoms with Gasteiger partial charge >= 0.3 is 0 Å². The molecule has 0 bridgehead atoms. The van der Waals surface area contributed by atoms with Crippen LogP contribution in [0.1, 0.15) is 0 Å². The molecule has 0 unspecified atom stereocenters. The summed E-state index contributed by atoms with van der Waals surface area (Å²) in [6.07, 6.45) is 0. The first-order chi connectivity index (χ1) is 23.8. The Morgan fingerprint density at radius 3 is 1.44 bits per heavy atom. The molecule has 0 spiro atoms. The summed E-state index contributed by atoms with van der Waals surface area (Å²) in [6.45, 7) is 0.